The quantitative estimate of drug-likeness (QED) is 0.707. The van der Waals surface area contributed by atoms with Gasteiger partial charge in [-0.3, -0.25) is 4.21 Å². The molecule has 0 spiro atoms. The van der Waals surface area contributed by atoms with E-state index < -0.39 is 62.2 Å². The van der Waals surface area contributed by atoms with E-state index in [2.05, 4.69) is 9.68 Å². The highest BCUT2D eigenvalue weighted by Gasteiger charge is 2.39. The number of hydrogen-bond acceptors (Lipinski definition) is 3. The molecule has 25 heavy (non-hydrogen) atoms. The van der Waals surface area contributed by atoms with E-state index in [1.807, 2.05) is 0 Å². The molecule has 0 aliphatic rings. The maximum Gasteiger partial charge on any atom is 0.452 e. The molecule has 0 fully saturated rings. The van der Waals surface area contributed by atoms with Crippen LogP contribution in [0.15, 0.2) is 21.6 Å². The summed E-state index contributed by atoms with van der Waals surface area (Å²) in [5.74, 6) is -2.50. The molecule has 0 saturated carbocycles. The molecule has 2 rings (SSSR count). The molecule has 0 amide bonds. The topological polar surface area (TPSA) is 43.1 Å². The Labute approximate surface area is 139 Å². The molecule has 2 aromatic rings. The second-order valence-corrected chi connectivity index (χ2v) is 6.55. The van der Waals surface area contributed by atoms with E-state index in [0.717, 1.165) is 19.1 Å². The first-order chi connectivity index (χ1) is 11.4. The van der Waals surface area contributed by atoms with Gasteiger partial charge in [0.2, 0.25) is 11.3 Å². The number of hydrogen-bond donors (Lipinski definition) is 0. The van der Waals surface area contributed by atoms with Crippen molar-refractivity contribution in [3.05, 3.63) is 34.8 Å². The second-order valence-electron chi connectivity index (χ2n) is 5.06. The zero-order valence-corrected chi connectivity index (χ0v) is 13.4. The lowest BCUT2D eigenvalue weighted by atomic mass is 10.0. The molecular weight excluding hydrogens is 379 g/mol. The normalized spacial score (nSPS) is 14.8. The van der Waals surface area contributed by atoms with Crippen LogP contribution in [0.3, 0.4) is 0 Å². The number of nitrogens with zero attached hydrogens (tertiary/aromatic N) is 1. The predicted octanol–water partition coefficient (Wildman–Crippen LogP) is 4.78. The molecule has 0 saturated heterocycles. The number of aryl methyl sites for hydroxylation is 1. The highest BCUT2D eigenvalue weighted by Crippen LogP contribution is 2.38. The molecule has 0 radical (unpaired) electrons. The van der Waals surface area contributed by atoms with Crippen LogP contribution in [0.25, 0.3) is 11.3 Å². The van der Waals surface area contributed by atoms with Crippen molar-refractivity contribution in [3.63, 3.8) is 0 Å². The predicted molar refractivity (Wildman–Crippen MR) is 73.7 cm³/mol. The third-order valence-electron chi connectivity index (χ3n) is 3.32. The third-order valence-corrected chi connectivity index (χ3v) is 4.81. The van der Waals surface area contributed by atoms with Crippen LogP contribution < -0.4 is 0 Å². The average molecular weight is 389 g/mol. The van der Waals surface area contributed by atoms with Gasteiger partial charge in [0.25, 0.3) is 6.43 Å². The molecule has 0 aliphatic carbocycles. The van der Waals surface area contributed by atoms with Gasteiger partial charge in [-0.05, 0) is 31.5 Å². The van der Waals surface area contributed by atoms with E-state index in [1.165, 1.54) is 6.92 Å². The van der Waals surface area contributed by atoms with Crippen molar-refractivity contribution in [2.24, 2.45) is 0 Å². The first-order valence-corrected chi connectivity index (χ1v) is 7.83. The monoisotopic (exact) mass is 389 g/mol. The molecule has 2 unspecified atom stereocenters. The van der Waals surface area contributed by atoms with Crippen molar-refractivity contribution in [2.45, 2.75) is 36.8 Å². The Hall–Kier alpha value is -1.91. The van der Waals surface area contributed by atoms with E-state index in [-0.39, 0.29) is 5.56 Å². The van der Waals surface area contributed by atoms with Crippen LogP contribution in [0.4, 0.5) is 30.7 Å². The number of rotatable bonds is 4. The van der Waals surface area contributed by atoms with Crippen LogP contribution in [0.5, 0.6) is 0 Å². The van der Waals surface area contributed by atoms with Gasteiger partial charge in [-0.15, -0.1) is 0 Å². The van der Waals surface area contributed by atoms with E-state index in [0.29, 0.717) is 0 Å². The molecular formula is C14H10F7NO2S. The number of benzene rings is 1. The zero-order chi connectivity index (χ0) is 19.1. The smallest absolute Gasteiger partial charge is 0.351 e. The van der Waals surface area contributed by atoms with E-state index in [9.17, 15) is 34.9 Å². The summed E-state index contributed by atoms with van der Waals surface area (Å²) in [5.41, 5.74) is -4.78. The van der Waals surface area contributed by atoms with Crippen LogP contribution in [-0.4, -0.2) is 21.3 Å². The summed E-state index contributed by atoms with van der Waals surface area (Å²) in [6.45, 7) is 2.18. The Kier molecular flexibility index (Phi) is 5.26. The fourth-order valence-corrected chi connectivity index (χ4v) is 3.16. The van der Waals surface area contributed by atoms with Crippen LogP contribution in [0, 0.1) is 19.7 Å². The molecule has 0 bridgehead atoms. The van der Waals surface area contributed by atoms with Gasteiger partial charge in [-0.25, -0.2) is 17.6 Å². The van der Waals surface area contributed by atoms with Gasteiger partial charge in [-0.2, -0.15) is 13.2 Å². The van der Waals surface area contributed by atoms with E-state index in [1.54, 1.807) is 0 Å². The molecule has 0 N–H and O–H groups in total. The van der Waals surface area contributed by atoms with Crippen molar-refractivity contribution < 1.29 is 39.5 Å². The summed E-state index contributed by atoms with van der Waals surface area (Å²) in [7, 11) is -2.84. The van der Waals surface area contributed by atoms with Crippen molar-refractivity contribution in [1.29, 1.82) is 0 Å². The standard InChI is InChI=1S/C14H10F7NO2S/c1-5-3-8(15)7(4-9(5)25(23)13(18)12(16)17)10-6(2)11(24-22-10)14(19,20)21/h3-4,12-13H,1-2H3. The minimum Gasteiger partial charge on any atom is -0.351 e. The van der Waals surface area contributed by atoms with Crippen molar-refractivity contribution in [1.82, 2.24) is 5.16 Å². The Morgan fingerprint density at radius 1 is 1.16 bits per heavy atom. The molecule has 0 aliphatic heterocycles. The third kappa shape index (κ3) is 3.70. The fourth-order valence-electron chi connectivity index (χ4n) is 2.12. The summed E-state index contributed by atoms with van der Waals surface area (Å²) >= 11 is 0. The molecule has 1 heterocycles. The van der Waals surface area contributed by atoms with Gasteiger partial charge in [0, 0.05) is 16.0 Å². The highest BCUT2D eigenvalue weighted by molar-refractivity contribution is 7.85. The Balaban J connectivity index is 2.59. The first kappa shape index (κ1) is 19.4. The maximum atomic E-state index is 14.1. The lowest BCUT2D eigenvalue weighted by Gasteiger charge is -2.12. The lowest BCUT2D eigenvalue weighted by molar-refractivity contribution is -0.156. The molecule has 2 atom stereocenters. The Bertz CT molecular complexity index is 816. The molecule has 11 heteroatoms. The summed E-state index contributed by atoms with van der Waals surface area (Å²) < 4.78 is 107. The molecule has 1 aromatic carbocycles. The fraction of sp³-hybridized carbons (Fsp3) is 0.357. The van der Waals surface area contributed by atoms with E-state index >= 15 is 0 Å². The van der Waals surface area contributed by atoms with Crippen LogP contribution >= 0.6 is 0 Å². The van der Waals surface area contributed by atoms with Crippen molar-refractivity contribution in [2.75, 3.05) is 0 Å². The minimum atomic E-state index is -4.87. The maximum absolute atomic E-state index is 14.1. The molecule has 1 aromatic heterocycles. The summed E-state index contributed by atoms with van der Waals surface area (Å²) in [4.78, 5) is -0.472. The average Bonchev–Trinajstić information content (AvgIpc) is 2.87. The van der Waals surface area contributed by atoms with Crippen LogP contribution in [0.2, 0.25) is 0 Å². The number of alkyl halides is 6. The molecule has 3 nitrogen and oxygen atoms in total. The summed E-state index contributed by atoms with van der Waals surface area (Å²) in [5, 5.41) is 3.15. The van der Waals surface area contributed by atoms with Gasteiger partial charge < -0.3 is 4.52 Å². The zero-order valence-electron chi connectivity index (χ0n) is 12.6. The van der Waals surface area contributed by atoms with Gasteiger partial charge in [0.1, 0.15) is 11.5 Å². The SMILES string of the molecule is Cc1cc(F)c(-c2noc(C(F)(F)F)c2C)cc1S(=O)C(F)C(F)F. The van der Waals surface area contributed by atoms with Gasteiger partial charge >= 0.3 is 6.18 Å². The Morgan fingerprint density at radius 2 is 1.76 bits per heavy atom. The lowest BCUT2D eigenvalue weighted by Crippen LogP contribution is -2.19. The van der Waals surface area contributed by atoms with Crippen LogP contribution in [-0.2, 0) is 17.0 Å². The van der Waals surface area contributed by atoms with Gasteiger partial charge in [0.05, 0.1) is 10.8 Å². The number of aromatic nitrogens is 1. The second kappa shape index (κ2) is 6.77. The van der Waals surface area contributed by atoms with Crippen LogP contribution in [0.1, 0.15) is 16.9 Å². The highest BCUT2D eigenvalue weighted by atomic mass is 32.2. The molecule has 138 valence electrons. The van der Waals surface area contributed by atoms with E-state index in [4.69, 9.17) is 0 Å². The van der Waals surface area contributed by atoms with Gasteiger partial charge in [0.15, 0.2) is 0 Å². The van der Waals surface area contributed by atoms with Crippen molar-refractivity contribution >= 4 is 10.8 Å². The summed E-state index contributed by atoms with van der Waals surface area (Å²) in [6.07, 6.45) is -8.42. The van der Waals surface area contributed by atoms with Gasteiger partial charge in [-0.1, -0.05) is 5.16 Å². The summed E-state index contributed by atoms with van der Waals surface area (Å²) in [6, 6.07) is 1.49. The van der Waals surface area contributed by atoms with Crippen molar-refractivity contribution in [3.8, 4) is 11.3 Å². The first-order valence-electron chi connectivity index (χ1n) is 6.62. The largest absolute Gasteiger partial charge is 0.452 e. The minimum absolute atomic E-state index is 0.0972. The number of halogens is 7. The Morgan fingerprint density at radius 3 is 2.24 bits per heavy atom.